The molecule has 0 aliphatic rings. The molecule has 2 atom stereocenters. The number of phosphoric acid groups is 1. The van der Waals surface area contributed by atoms with Crippen LogP contribution >= 0.6 is 7.82 Å². The number of unbranched alkanes of at least 4 members (excludes halogenated alkanes) is 30. The number of allylic oxidation sites excluding steroid dienone is 4. The first kappa shape index (κ1) is 56.0. The van der Waals surface area contributed by atoms with Crippen LogP contribution in [0.3, 0.4) is 0 Å². The second-order valence-corrected chi connectivity index (χ2v) is 17.8. The Morgan fingerprint density at radius 2 is 0.930 bits per heavy atom. The van der Waals surface area contributed by atoms with Gasteiger partial charge in [-0.3, -0.25) is 13.8 Å². The summed E-state index contributed by atoms with van der Waals surface area (Å²) >= 11 is 0. The van der Waals surface area contributed by atoms with Gasteiger partial charge in [0.15, 0.2) is 0 Å². The van der Waals surface area contributed by atoms with Crippen LogP contribution in [-0.4, -0.2) is 49.9 Å². The van der Waals surface area contributed by atoms with Gasteiger partial charge in [-0.25, -0.2) is 4.57 Å². The van der Waals surface area contributed by atoms with E-state index < -0.39 is 13.9 Å². The number of esters is 1. The Labute approximate surface area is 353 Å². The van der Waals surface area contributed by atoms with E-state index in [-0.39, 0.29) is 32.3 Å². The summed E-state index contributed by atoms with van der Waals surface area (Å²) in [4.78, 5) is 22.6. The highest BCUT2D eigenvalue weighted by molar-refractivity contribution is 7.47. The van der Waals surface area contributed by atoms with E-state index in [1.54, 1.807) is 0 Å². The zero-order valence-corrected chi connectivity index (χ0v) is 38.5. The summed E-state index contributed by atoms with van der Waals surface area (Å²) in [6.07, 6.45) is 52.0. The van der Waals surface area contributed by atoms with Crippen molar-refractivity contribution in [1.29, 1.82) is 0 Å². The van der Waals surface area contributed by atoms with E-state index >= 15 is 0 Å². The summed E-state index contributed by atoms with van der Waals surface area (Å²) in [5.74, 6) is -0.327. The molecule has 0 bridgehead atoms. The van der Waals surface area contributed by atoms with Crippen molar-refractivity contribution in [1.82, 2.24) is 0 Å². The third-order valence-electron chi connectivity index (χ3n) is 10.6. The predicted molar refractivity (Wildman–Crippen MR) is 243 cm³/mol. The molecule has 0 saturated heterocycles. The van der Waals surface area contributed by atoms with Crippen LogP contribution in [0, 0.1) is 0 Å². The first-order valence-corrected chi connectivity index (χ1v) is 25.8. The highest BCUT2D eigenvalue weighted by Gasteiger charge is 2.25. The molecule has 0 aromatic rings. The molecule has 2 unspecified atom stereocenters. The first-order chi connectivity index (χ1) is 27.9. The third-order valence-corrected chi connectivity index (χ3v) is 11.6. The fourth-order valence-electron chi connectivity index (χ4n) is 7.03. The number of hydrogen-bond donors (Lipinski definition) is 2. The minimum atomic E-state index is -4.28. The van der Waals surface area contributed by atoms with Crippen LogP contribution in [0.4, 0.5) is 0 Å². The summed E-state index contributed by atoms with van der Waals surface area (Å²) in [6.45, 7) is 4.94. The minimum absolute atomic E-state index is 0.0944. The highest BCUT2D eigenvalue weighted by atomic mass is 31.2. The molecule has 0 aromatic carbocycles. The Morgan fingerprint density at radius 1 is 0.526 bits per heavy atom. The second kappa shape index (κ2) is 46.1. The standard InChI is InChI=1S/C48H94NO7P/c1-3-5-7-9-11-13-15-17-19-21-23-25-27-29-31-33-35-37-39-41-48(50)56-47(46-55-57(51,52)54-44-42-49)45-53-43-40-38-36-34-32-30-28-26-24-22-20-18-16-14-12-10-8-6-4-2/h14,16,20,22,47H,3-13,15,17-19,21,23-46,49H2,1-2H3,(H,51,52)/b16-14-,22-20-. The molecule has 8 nitrogen and oxygen atoms in total. The van der Waals surface area contributed by atoms with Crippen molar-refractivity contribution in [2.75, 3.05) is 33.0 Å². The average molecular weight is 828 g/mol. The number of hydrogen-bond acceptors (Lipinski definition) is 7. The fourth-order valence-corrected chi connectivity index (χ4v) is 7.79. The topological polar surface area (TPSA) is 117 Å². The number of phosphoric ester groups is 1. The Kier molecular flexibility index (Phi) is 45.2. The van der Waals surface area contributed by atoms with Crippen molar-refractivity contribution >= 4 is 13.8 Å². The zero-order valence-electron chi connectivity index (χ0n) is 37.6. The van der Waals surface area contributed by atoms with Crippen molar-refractivity contribution < 1.29 is 32.8 Å². The maximum Gasteiger partial charge on any atom is 0.472 e. The molecule has 0 aromatic heterocycles. The van der Waals surface area contributed by atoms with Gasteiger partial charge < -0.3 is 20.1 Å². The first-order valence-electron chi connectivity index (χ1n) is 24.3. The van der Waals surface area contributed by atoms with Gasteiger partial charge in [-0.2, -0.15) is 0 Å². The van der Waals surface area contributed by atoms with Crippen LogP contribution in [0.25, 0.3) is 0 Å². The van der Waals surface area contributed by atoms with Crippen LogP contribution < -0.4 is 5.73 Å². The number of carbonyl (C=O) groups excluding carboxylic acids is 1. The Morgan fingerprint density at radius 3 is 1.39 bits per heavy atom. The number of nitrogens with two attached hydrogens (primary N) is 1. The normalized spacial score (nSPS) is 13.5. The van der Waals surface area contributed by atoms with Gasteiger partial charge in [0.2, 0.25) is 0 Å². The molecule has 0 fully saturated rings. The van der Waals surface area contributed by atoms with Crippen molar-refractivity contribution in [2.45, 2.75) is 245 Å². The molecule has 0 rings (SSSR count). The van der Waals surface area contributed by atoms with Gasteiger partial charge in [-0.15, -0.1) is 0 Å². The van der Waals surface area contributed by atoms with Crippen molar-refractivity contribution in [2.24, 2.45) is 5.73 Å². The summed E-state index contributed by atoms with van der Waals surface area (Å²) < 4.78 is 33.5. The average Bonchev–Trinajstić information content (AvgIpc) is 3.20. The molecule has 0 amide bonds. The maximum atomic E-state index is 12.6. The van der Waals surface area contributed by atoms with E-state index in [1.165, 1.54) is 180 Å². The SMILES string of the molecule is CCCCCC/C=C\C/C=C\CCCCCCCCCCOCC(COP(=O)(O)OCCN)OC(=O)CCCCCCCCCCCCCCCCCCCCC. The fraction of sp³-hybridized carbons (Fsp3) is 0.896. The molecule has 0 aliphatic carbocycles. The second-order valence-electron chi connectivity index (χ2n) is 16.3. The quantitative estimate of drug-likeness (QED) is 0.0270. The summed E-state index contributed by atoms with van der Waals surface area (Å²) in [6, 6.07) is 0. The highest BCUT2D eigenvalue weighted by Crippen LogP contribution is 2.43. The summed E-state index contributed by atoms with van der Waals surface area (Å²) in [7, 11) is -4.28. The molecule has 3 N–H and O–H groups in total. The lowest BCUT2D eigenvalue weighted by Crippen LogP contribution is -2.28. The van der Waals surface area contributed by atoms with Crippen LogP contribution in [0.15, 0.2) is 24.3 Å². The van der Waals surface area contributed by atoms with E-state index in [2.05, 4.69) is 38.2 Å². The summed E-state index contributed by atoms with van der Waals surface area (Å²) in [5.41, 5.74) is 5.38. The molecular weight excluding hydrogens is 734 g/mol. The Bertz CT molecular complexity index is 930. The number of carbonyl (C=O) groups is 1. The van der Waals surface area contributed by atoms with Crippen molar-refractivity contribution in [3.05, 3.63) is 24.3 Å². The Hall–Kier alpha value is -1.02. The molecular formula is C48H94NO7P. The van der Waals surface area contributed by atoms with E-state index in [9.17, 15) is 14.3 Å². The number of ether oxygens (including phenoxy) is 2. The van der Waals surface area contributed by atoms with Gasteiger partial charge in [0.05, 0.1) is 19.8 Å². The van der Waals surface area contributed by atoms with E-state index in [4.69, 9.17) is 24.3 Å². The van der Waals surface area contributed by atoms with E-state index in [1.807, 2.05) is 0 Å². The smallest absolute Gasteiger partial charge is 0.457 e. The minimum Gasteiger partial charge on any atom is -0.457 e. The van der Waals surface area contributed by atoms with Gasteiger partial charge in [-0.05, 0) is 44.9 Å². The molecule has 57 heavy (non-hydrogen) atoms. The van der Waals surface area contributed by atoms with Crippen molar-refractivity contribution in [3.63, 3.8) is 0 Å². The van der Waals surface area contributed by atoms with Crippen molar-refractivity contribution in [3.8, 4) is 0 Å². The van der Waals surface area contributed by atoms with Gasteiger partial charge in [0, 0.05) is 19.6 Å². The molecule has 0 aliphatic heterocycles. The lowest BCUT2D eigenvalue weighted by Gasteiger charge is -2.20. The largest absolute Gasteiger partial charge is 0.472 e. The number of rotatable bonds is 47. The molecule has 338 valence electrons. The molecule has 0 heterocycles. The monoisotopic (exact) mass is 828 g/mol. The predicted octanol–water partition coefficient (Wildman–Crippen LogP) is 14.8. The molecule has 0 radical (unpaired) electrons. The van der Waals surface area contributed by atoms with Crippen LogP contribution in [0.5, 0.6) is 0 Å². The third kappa shape index (κ3) is 45.9. The van der Waals surface area contributed by atoms with Crippen LogP contribution in [-0.2, 0) is 27.9 Å². The van der Waals surface area contributed by atoms with Gasteiger partial charge in [0.1, 0.15) is 6.10 Å². The molecule has 0 saturated carbocycles. The molecule has 0 spiro atoms. The summed E-state index contributed by atoms with van der Waals surface area (Å²) in [5, 5.41) is 0. The molecule has 9 heteroatoms. The van der Waals surface area contributed by atoms with Crippen LogP contribution in [0.2, 0.25) is 0 Å². The Balaban J connectivity index is 3.95. The van der Waals surface area contributed by atoms with Gasteiger partial charge >= 0.3 is 13.8 Å². The lowest BCUT2D eigenvalue weighted by atomic mass is 10.0. The van der Waals surface area contributed by atoms with Crippen LogP contribution in [0.1, 0.15) is 239 Å². The van der Waals surface area contributed by atoms with E-state index in [0.717, 1.165) is 38.5 Å². The zero-order chi connectivity index (χ0) is 41.6. The van der Waals surface area contributed by atoms with Gasteiger partial charge in [0.25, 0.3) is 0 Å². The van der Waals surface area contributed by atoms with Gasteiger partial charge in [-0.1, -0.05) is 212 Å². The van der Waals surface area contributed by atoms with E-state index in [0.29, 0.717) is 13.0 Å². The maximum absolute atomic E-state index is 12.6. The lowest BCUT2D eigenvalue weighted by molar-refractivity contribution is -0.154.